The van der Waals surface area contributed by atoms with E-state index in [-0.39, 0.29) is 0 Å². The van der Waals surface area contributed by atoms with Gasteiger partial charge in [-0.2, -0.15) is 0 Å². The number of nitrogens with zero attached hydrogens (tertiary/aromatic N) is 1. The number of carbonyl (C=O) groups is 1. The Morgan fingerprint density at radius 3 is 2.79 bits per heavy atom. The summed E-state index contributed by atoms with van der Waals surface area (Å²) in [5.74, 6) is 0.247. The van der Waals surface area contributed by atoms with E-state index < -0.39 is 5.91 Å². The van der Waals surface area contributed by atoms with Gasteiger partial charge in [-0.3, -0.25) is 4.79 Å². The summed E-state index contributed by atoms with van der Waals surface area (Å²) in [4.78, 5) is 11.9. The van der Waals surface area contributed by atoms with Crippen molar-refractivity contribution in [1.29, 1.82) is 0 Å². The molecule has 1 fully saturated rings. The first-order valence-corrected chi connectivity index (χ1v) is 8.95. The van der Waals surface area contributed by atoms with E-state index in [9.17, 15) is 4.79 Å². The molecule has 0 aliphatic heterocycles. The van der Waals surface area contributed by atoms with Crippen molar-refractivity contribution in [1.82, 2.24) is 4.57 Å². The highest BCUT2D eigenvalue weighted by Gasteiger charge is 2.21. The molecular formula is C20H20ClN2O. The fourth-order valence-electron chi connectivity index (χ4n) is 4.09. The van der Waals surface area contributed by atoms with Crippen molar-refractivity contribution in [3.05, 3.63) is 47.0 Å². The number of aromatic nitrogens is 1. The molecule has 0 unspecified atom stereocenters. The highest BCUT2D eigenvalue weighted by atomic mass is 35.5. The molecule has 1 aliphatic rings. The van der Waals surface area contributed by atoms with Crippen molar-refractivity contribution in [2.75, 3.05) is 0 Å². The Morgan fingerprint density at radius 1 is 1.25 bits per heavy atom. The lowest BCUT2D eigenvalue weighted by atomic mass is 9.89. The van der Waals surface area contributed by atoms with Crippen LogP contribution >= 0.6 is 11.6 Å². The van der Waals surface area contributed by atoms with E-state index in [1.807, 2.05) is 18.2 Å². The Kier molecular flexibility index (Phi) is 3.97. The number of benzene rings is 2. The van der Waals surface area contributed by atoms with Gasteiger partial charge in [-0.15, -0.1) is 0 Å². The maximum Gasteiger partial charge on any atom is 0.249 e. The lowest BCUT2D eigenvalue weighted by Gasteiger charge is -2.23. The van der Waals surface area contributed by atoms with Gasteiger partial charge >= 0.3 is 0 Å². The minimum Gasteiger partial charge on any atom is -0.366 e. The quantitative estimate of drug-likeness (QED) is 0.722. The molecule has 0 atom stereocenters. The van der Waals surface area contributed by atoms with E-state index in [1.54, 1.807) is 6.07 Å². The second kappa shape index (κ2) is 6.14. The van der Waals surface area contributed by atoms with Crippen molar-refractivity contribution in [3.63, 3.8) is 0 Å². The van der Waals surface area contributed by atoms with E-state index in [0.717, 1.165) is 28.4 Å². The Labute approximate surface area is 146 Å². The number of fused-ring (bicyclic) bond motifs is 3. The van der Waals surface area contributed by atoms with Crippen LogP contribution in [0.25, 0.3) is 21.8 Å². The van der Waals surface area contributed by atoms with Crippen molar-refractivity contribution in [3.8, 4) is 0 Å². The Balaban J connectivity index is 1.99. The van der Waals surface area contributed by atoms with Crippen LogP contribution in [-0.2, 0) is 6.54 Å². The first-order chi connectivity index (χ1) is 11.7. The third-order valence-corrected chi connectivity index (χ3v) is 5.51. The number of halogens is 1. The minimum atomic E-state index is -0.411. The van der Waals surface area contributed by atoms with Crippen LogP contribution in [0, 0.1) is 12.0 Å². The maximum atomic E-state index is 11.9. The Morgan fingerprint density at radius 2 is 2.04 bits per heavy atom. The van der Waals surface area contributed by atoms with Crippen LogP contribution in [0.15, 0.2) is 30.3 Å². The SMILES string of the molecule is NC(=O)c1cccc2c1c1[c]ccc(Cl)c1n2CC1CCCCC1. The number of amides is 1. The molecule has 1 saturated carbocycles. The molecule has 3 aromatic rings. The highest BCUT2D eigenvalue weighted by Crippen LogP contribution is 2.37. The summed E-state index contributed by atoms with van der Waals surface area (Å²) in [6.45, 7) is 0.930. The van der Waals surface area contributed by atoms with Gasteiger partial charge in [-0.05, 0) is 43.0 Å². The molecular weight excluding hydrogens is 320 g/mol. The van der Waals surface area contributed by atoms with Crippen LogP contribution in [0.5, 0.6) is 0 Å². The largest absolute Gasteiger partial charge is 0.366 e. The van der Waals surface area contributed by atoms with Crippen LogP contribution in [0.1, 0.15) is 42.5 Å². The normalized spacial score (nSPS) is 16.0. The van der Waals surface area contributed by atoms with Gasteiger partial charge in [0.05, 0.1) is 10.5 Å². The summed E-state index contributed by atoms with van der Waals surface area (Å²) in [6.07, 6.45) is 6.45. The van der Waals surface area contributed by atoms with Crippen molar-refractivity contribution in [2.45, 2.75) is 38.6 Å². The van der Waals surface area contributed by atoms with Gasteiger partial charge in [0.1, 0.15) is 0 Å². The van der Waals surface area contributed by atoms with Gasteiger partial charge in [0.15, 0.2) is 0 Å². The van der Waals surface area contributed by atoms with Gasteiger partial charge in [-0.25, -0.2) is 0 Å². The van der Waals surface area contributed by atoms with E-state index in [4.69, 9.17) is 17.3 Å². The van der Waals surface area contributed by atoms with Gasteiger partial charge in [-0.1, -0.05) is 43.0 Å². The van der Waals surface area contributed by atoms with Crippen molar-refractivity contribution >= 4 is 39.3 Å². The predicted octanol–water partition coefficient (Wildman–Crippen LogP) is 4.93. The summed E-state index contributed by atoms with van der Waals surface area (Å²) in [6, 6.07) is 12.7. The molecule has 4 heteroatoms. The number of hydrogen-bond acceptors (Lipinski definition) is 1. The number of carbonyl (C=O) groups excluding carboxylic acids is 1. The van der Waals surface area contributed by atoms with Gasteiger partial charge in [0.25, 0.3) is 0 Å². The van der Waals surface area contributed by atoms with E-state index in [2.05, 4.69) is 16.7 Å². The fraction of sp³-hybridized carbons (Fsp3) is 0.350. The Bertz CT molecular complexity index is 922. The van der Waals surface area contributed by atoms with Crippen molar-refractivity contribution in [2.24, 2.45) is 11.7 Å². The zero-order valence-corrected chi connectivity index (χ0v) is 14.3. The molecule has 1 radical (unpaired) electrons. The zero-order valence-electron chi connectivity index (χ0n) is 13.5. The third-order valence-electron chi connectivity index (χ3n) is 5.20. The zero-order chi connectivity index (χ0) is 16.7. The molecule has 0 bridgehead atoms. The minimum absolute atomic E-state index is 0.411. The monoisotopic (exact) mass is 339 g/mol. The first-order valence-electron chi connectivity index (χ1n) is 8.57. The highest BCUT2D eigenvalue weighted by molar-refractivity contribution is 6.36. The fourth-order valence-corrected chi connectivity index (χ4v) is 4.35. The summed E-state index contributed by atoms with van der Waals surface area (Å²) >= 11 is 6.53. The lowest BCUT2D eigenvalue weighted by Crippen LogP contribution is -2.14. The van der Waals surface area contributed by atoms with Crippen LogP contribution in [-0.4, -0.2) is 10.5 Å². The smallest absolute Gasteiger partial charge is 0.249 e. The lowest BCUT2D eigenvalue weighted by molar-refractivity contribution is 0.100. The van der Waals surface area contributed by atoms with Crippen LogP contribution < -0.4 is 5.73 Å². The molecule has 1 aliphatic carbocycles. The van der Waals surface area contributed by atoms with Gasteiger partial charge in [0.2, 0.25) is 5.91 Å². The summed E-state index contributed by atoms with van der Waals surface area (Å²) in [5, 5.41) is 2.46. The maximum absolute atomic E-state index is 11.9. The number of rotatable bonds is 3. The first kappa shape index (κ1) is 15.5. The molecule has 1 heterocycles. The number of primary amides is 1. The average molecular weight is 340 g/mol. The summed E-state index contributed by atoms with van der Waals surface area (Å²) in [5.41, 5.74) is 8.14. The second-order valence-electron chi connectivity index (χ2n) is 6.73. The van der Waals surface area contributed by atoms with E-state index in [1.165, 1.54) is 32.1 Å². The number of hydrogen-bond donors (Lipinski definition) is 1. The third kappa shape index (κ3) is 2.48. The molecule has 4 rings (SSSR count). The summed E-state index contributed by atoms with van der Waals surface area (Å²) in [7, 11) is 0. The molecule has 0 spiro atoms. The molecule has 123 valence electrons. The van der Waals surface area contributed by atoms with Crippen LogP contribution in [0.3, 0.4) is 0 Å². The van der Waals surface area contributed by atoms with E-state index >= 15 is 0 Å². The van der Waals surface area contributed by atoms with Gasteiger partial charge < -0.3 is 10.3 Å². The topological polar surface area (TPSA) is 48.0 Å². The van der Waals surface area contributed by atoms with Crippen LogP contribution in [0.2, 0.25) is 5.02 Å². The molecule has 1 aromatic heterocycles. The van der Waals surface area contributed by atoms with Crippen molar-refractivity contribution < 1.29 is 4.79 Å². The molecule has 2 N–H and O–H groups in total. The Hall–Kier alpha value is -2.00. The average Bonchev–Trinajstić information content (AvgIpc) is 2.91. The molecule has 2 aromatic carbocycles. The predicted molar refractivity (Wildman–Crippen MR) is 98.4 cm³/mol. The second-order valence-corrected chi connectivity index (χ2v) is 7.14. The molecule has 3 nitrogen and oxygen atoms in total. The van der Waals surface area contributed by atoms with E-state index in [0.29, 0.717) is 16.5 Å². The van der Waals surface area contributed by atoms with Gasteiger partial charge in [0, 0.05) is 28.4 Å². The molecule has 24 heavy (non-hydrogen) atoms. The summed E-state index contributed by atoms with van der Waals surface area (Å²) < 4.78 is 2.27. The number of nitrogens with two attached hydrogens (primary N) is 1. The van der Waals surface area contributed by atoms with Crippen LogP contribution in [0.4, 0.5) is 0 Å². The molecule has 1 amide bonds. The standard InChI is InChI=1S/C20H20ClN2O/c21-16-10-4-8-14-18-15(20(22)24)9-5-11-17(18)23(19(14)16)12-13-6-2-1-3-7-13/h4-5,9-11,13H,1-3,6-7,12H2,(H2,22,24). The molecule has 0 saturated heterocycles.